The number of nitrogens with zero attached hydrogens (tertiary/aromatic N) is 4. The first-order chi connectivity index (χ1) is 11.5. The van der Waals surface area contributed by atoms with Gasteiger partial charge in [-0.1, -0.05) is 17.7 Å². The van der Waals surface area contributed by atoms with E-state index in [1.165, 1.54) is 12.4 Å². The fourth-order valence-corrected chi connectivity index (χ4v) is 3.56. The van der Waals surface area contributed by atoms with Crippen molar-refractivity contribution in [1.82, 2.24) is 24.3 Å². The summed E-state index contributed by atoms with van der Waals surface area (Å²) >= 11 is 5.99. The Bertz CT molecular complexity index is 971. The van der Waals surface area contributed by atoms with E-state index in [1.807, 2.05) is 13.1 Å². The topological polar surface area (TPSA) is 89.2 Å². The van der Waals surface area contributed by atoms with Gasteiger partial charge in [-0.25, -0.2) is 22.6 Å². The fourth-order valence-electron chi connectivity index (χ4n) is 2.21. The normalized spacial score (nSPS) is 11.9. The van der Waals surface area contributed by atoms with Gasteiger partial charge in [0.05, 0.1) is 4.90 Å². The molecule has 9 heteroatoms. The molecule has 0 unspecified atom stereocenters. The zero-order chi connectivity index (χ0) is 17.2. The minimum Gasteiger partial charge on any atom is -0.219 e. The molecule has 0 aliphatic rings. The molecule has 0 atom stereocenters. The molecule has 1 aromatic carbocycles. The Morgan fingerprint density at radius 1 is 1.29 bits per heavy atom. The van der Waals surface area contributed by atoms with E-state index in [1.54, 1.807) is 22.8 Å². The smallest absolute Gasteiger partial charge is 0.219 e. The maximum Gasteiger partial charge on any atom is 0.252 e. The second-order valence-corrected chi connectivity index (χ2v) is 7.55. The molecule has 0 aliphatic carbocycles. The fraction of sp³-hybridized carbons (Fsp3) is 0.267. The number of hydrogen-bond acceptors (Lipinski definition) is 5. The molecule has 3 rings (SSSR count). The average molecular weight is 366 g/mol. The highest BCUT2D eigenvalue weighted by molar-refractivity contribution is 7.89. The van der Waals surface area contributed by atoms with Crippen molar-refractivity contribution in [3.8, 4) is 0 Å². The van der Waals surface area contributed by atoms with E-state index in [9.17, 15) is 8.42 Å². The summed E-state index contributed by atoms with van der Waals surface area (Å²) in [5, 5.41) is 4.46. The standard InChI is InChI=1S/C15H16ClN5O2S/c1-11-4-5-13(7-14(11)16)24(22,23)20-6-2-3-12-8-17-15-18-10-19-21(15)9-12/h4-5,7-10,20H,2-3,6H2,1H3. The van der Waals surface area contributed by atoms with Crippen molar-refractivity contribution in [3.63, 3.8) is 0 Å². The molecule has 0 radical (unpaired) electrons. The summed E-state index contributed by atoms with van der Waals surface area (Å²) in [6.45, 7) is 2.15. The first-order valence-corrected chi connectivity index (χ1v) is 9.22. The summed E-state index contributed by atoms with van der Waals surface area (Å²) in [6.07, 6.45) is 6.31. The lowest BCUT2D eigenvalue weighted by atomic mass is 10.2. The molecule has 0 saturated carbocycles. The van der Waals surface area contributed by atoms with Crippen LogP contribution in [0.4, 0.5) is 0 Å². The largest absolute Gasteiger partial charge is 0.252 e. The Morgan fingerprint density at radius 3 is 2.92 bits per heavy atom. The first kappa shape index (κ1) is 16.8. The minimum absolute atomic E-state index is 0.170. The molecule has 0 bridgehead atoms. The van der Waals surface area contributed by atoms with Crippen LogP contribution in [0.3, 0.4) is 0 Å². The van der Waals surface area contributed by atoms with Gasteiger partial charge in [0.15, 0.2) is 0 Å². The Kier molecular flexibility index (Phi) is 4.79. The van der Waals surface area contributed by atoms with Crippen LogP contribution in [0.5, 0.6) is 0 Å². The van der Waals surface area contributed by atoms with Crippen molar-refractivity contribution in [2.24, 2.45) is 0 Å². The Labute approximate surface area is 144 Å². The highest BCUT2D eigenvalue weighted by Gasteiger charge is 2.14. The number of aryl methyl sites for hydroxylation is 2. The van der Waals surface area contributed by atoms with Crippen LogP contribution in [-0.4, -0.2) is 34.5 Å². The Balaban J connectivity index is 1.57. The van der Waals surface area contributed by atoms with Crippen molar-refractivity contribution in [2.45, 2.75) is 24.7 Å². The van der Waals surface area contributed by atoms with Crippen molar-refractivity contribution < 1.29 is 8.42 Å². The molecular formula is C15H16ClN5O2S. The number of halogens is 1. The molecule has 3 aromatic rings. The van der Waals surface area contributed by atoms with E-state index >= 15 is 0 Å². The van der Waals surface area contributed by atoms with Gasteiger partial charge >= 0.3 is 0 Å². The van der Waals surface area contributed by atoms with Gasteiger partial charge < -0.3 is 0 Å². The second kappa shape index (κ2) is 6.84. The van der Waals surface area contributed by atoms with Gasteiger partial charge in [-0.15, -0.1) is 0 Å². The molecule has 24 heavy (non-hydrogen) atoms. The molecule has 126 valence electrons. The summed E-state index contributed by atoms with van der Waals surface area (Å²) in [5.74, 6) is 0.538. The number of fused-ring (bicyclic) bond motifs is 1. The molecule has 0 spiro atoms. The zero-order valence-electron chi connectivity index (χ0n) is 13.0. The van der Waals surface area contributed by atoms with E-state index in [0.717, 1.165) is 11.1 Å². The highest BCUT2D eigenvalue weighted by Crippen LogP contribution is 2.19. The van der Waals surface area contributed by atoms with Crippen LogP contribution in [-0.2, 0) is 16.4 Å². The zero-order valence-corrected chi connectivity index (χ0v) is 14.5. The third kappa shape index (κ3) is 3.72. The van der Waals surface area contributed by atoms with E-state index in [2.05, 4.69) is 19.8 Å². The van der Waals surface area contributed by atoms with Crippen LogP contribution in [0.25, 0.3) is 5.78 Å². The lowest BCUT2D eigenvalue weighted by Crippen LogP contribution is -2.25. The van der Waals surface area contributed by atoms with Crippen molar-refractivity contribution >= 4 is 27.4 Å². The average Bonchev–Trinajstić information content (AvgIpc) is 3.02. The highest BCUT2D eigenvalue weighted by atomic mass is 35.5. The SMILES string of the molecule is Cc1ccc(S(=O)(=O)NCCCc2cnc3ncnn3c2)cc1Cl. The molecule has 1 N–H and O–H groups in total. The monoisotopic (exact) mass is 365 g/mol. The third-order valence-corrected chi connectivity index (χ3v) is 5.44. The lowest BCUT2D eigenvalue weighted by molar-refractivity contribution is 0.579. The number of nitrogens with one attached hydrogen (secondary N) is 1. The quantitative estimate of drug-likeness (QED) is 0.675. The Hall–Kier alpha value is -2.03. The van der Waals surface area contributed by atoms with Crippen LogP contribution in [0.15, 0.2) is 41.8 Å². The molecule has 0 saturated heterocycles. The second-order valence-electron chi connectivity index (χ2n) is 5.38. The number of rotatable bonds is 6. The first-order valence-electron chi connectivity index (χ1n) is 7.36. The van der Waals surface area contributed by atoms with Crippen molar-refractivity contribution in [1.29, 1.82) is 0 Å². The maximum atomic E-state index is 12.2. The summed E-state index contributed by atoms with van der Waals surface area (Å²) in [4.78, 5) is 8.31. The molecule has 7 nitrogen and oxygen atoms in total. The van der Waals surface area contributed by atoms with E-state index in [4.69, 9.17) is 11.6 Å². The van der Waals surface area contributed by atoms with Gasteiger partial charge in [0, 0.05) is 24.0 Å². The van der Waals surface area contributed by atoms with Crippen molar-refractivity contribution in [3.05, 3.63) is 53.1 Å². The molecule has 2 heterocycles. The third-order valence-electron chi connectivity index (χ3n) is 3.58. The Morgan fingerprint density at radius 2 is 2.12 bits per heavy atom. The van der Waals surface area contributed by atoms with Gasteiger partial charge in [-0.3, -0.25) is 0 Å². The van der Waals surface area contributed by atoms with Gasteiger partial charge in [0.25, 0.3) is 5.78 Å². The van der Waals surface area contributed by atoms with Gasteiger partial charge in [0.2, 0.25) is 10.0 Å². The predicted octanol–water partition coefficient (Wildman–Crippen LogP) is 2.00. The summed E-state index contributed by atoms with van der Waals surface area (Å²) in [6, 6.07) is 4.70. The van der Waals surface area contributed by atoms with Crippen LogP contribution in [0.1, 0.15) is 17.5 Å². The molecule has 0 aliphatic heterocycles. The number of hydrogen-bond donors (Lipinski definition) is 1. The van der Waals surface area contributed by atoms with Gasteiger partial charge in [-0.2, -0.15) is 10.1 Å². The number of benzene rings is 1. The number of sulfonamides is 1. The van der Waals surface area contributed by atoms with Crippen LogP contribution < -0.4 is 4.72 Å². The van der Waals surface area contributed by atoms with E-state index in [0.29, 0.717) is 30.2 Å². The summed E-state index contributed by atoms with van der Waals surface area (Å²) < 4.78 is 28.7. The van der Waals surface area contributed by atoms with E-state index in [-0.39, 0.29) is 4.90 Å². The predicted molar refractivity (Wildman–Crippen MR) is 90.5 cm³/mol. The molecular weight excluding hydrogens is 350 g/mol. The summed E-state index contributed by atoms with van der Waals surface area (Å²) in [7, 11) is -3.56. The van der Waals surface area contributed by atoms with Gasteiger partial charge in [0.1, 0.15) is 6.33 Å². The molecule has 0 fully saturated rings. The van der Waals surface area contributed by atoms with Crippen LogP contribution in [0.2, 0.25) is 5.02 Å². The van der Waals surface area contributed by atoms with Crippen LogP contribution in [0, 0.1) is 6.92 Å². The van der Waals surface area contributed by atoms with Gasteiger partial charge in [-0.05, 0) is 43.0 Å². The maximum absolute atomic E-state index is 12.2. The summed E-state index contributed by atoms with van der Waals surface area (Å²) in [5.41, 5.74) is 1.80. The molecule has 2 aromatic heterocycles. The van der Waals surface area contributed by atoms with E-state index < -0.39 is 10.0 Å². The lowest BCUT2D eigenvalue weighted by Gasteiger charge is -2.08. The van der Waals surface area contributed by atoms with Crippen LogP contribution >= 0.6 is 11.6 Å². The minimum atomic E-state index is -3.56. The number of aromatic nitrogens is 4. The molecule has 0 amide bonds. The van der Waals surface area contributed by atoms with Crippen molar-refractivity contribution in [2.75, 3.05) is 6.54 Å².